The molecule has 0 spiro atoms. The van der Waals surface area contributed by atoms with Crippen molar-refractivity contribution in [2.24, 2.45) is 10.7 Å². The normalized spacial score (nSPS) is 15.2. The van der Waals surface area contributed by atoms with E-state index in [1.807, 2.05) is 11.9 Å². The lowest BCUT2D eigenvalue weighted by atomic mass is 10.2. The number of rotatable bonds is 3. The van der Waals surface area contributed by atoms with Crippen molar-refractivity contribution in [1.29, 1.82) is 0 Å². The fraction of sp³-hybridized carbons (Fsp3) is 0.417. The van der Waals surface area contributed by atoms with Crippen LogP contribution in [0.4, 0.5) is 4.39 Å². The molecule has 100 valence electrons. The molecule has 1 aromatic carbocycles. The van der Waals surface area contributed by atoms with Gasteiger partial charge in [0.2, 0.25) is 0 Å². The van der Waals surface area contributed by atoms with Gasteiger partial charge in [0.1, 0.15) is 5.82 Å². The van der Waals surface area contributed by atoms with Gasteiger partial charge in [-0.2, -0.15) is 0 Å². The van der Waals surface area contributed by atoms with E-state index >= 15 is 0 Å². The lowest BCUT2D eigenvalue weighted by Gasteiger charge is -2.16. The second-order valence-corrected chi connectivity index (χ2v) is 5.11. The van der Waals surface area contributed by atoms with E-state index < -0.39 is 0 Å². The molecular weight excluding hydrogens is 412 g/mol. The number of nitrogens with zero attached hydrogens (tertiary/aromatic N) is 2. The third-order valence-electron chi connectivity index (χ3n) is 2.88. The molecule has 1 aliphatic carbocycles. The molecule has 0 heterocycles. The molecule has 1 saturated carbocycles. The minimum Gasteiger partial charge on any atom is -0.370 e. The van der Waals surface area contributed by atoms with Gasteiger partial charge in [0, 0.05) is 17.6 Å². The molecule has 0 radical (unpaired) electrons. The van der Waals surface area contributed by atoms with Crippen LogP contribution >= 0.6 is 39.9 Å². The average Bonchev–Trinajstić information content (AvgIpc) is 3.13. The van der Waals surface area contributed by atoms with E-state index in [1.165, 1.54) is 25.0 Å². The van der Waals surface area contributed by atoms with E-state index in [2.05, 4.69) is 20.9 Å². The second kappa shape index (κ2) is 6.70. The Hall–Kier alpha value is -0.370. The molecule has 1 aliphatic rings. The summed E-state index contributed by atoms with van der Waals surface area (Å²) in [6, 6.07) is 5.10. The lowest BCUT2D eigenvalue weighted by Crippen LogP contribution is -2.35. The van der Waals surface area contributed by atoms with Gasteiger partial charge < -0.3 is 10.6 Å². The Morgan fingerprint density at radius 3 is 2.83 bits per heavy atom. The van der Waals surface area contributed by atoms with Crippen LogP contribution in [0.15, 0.2) is 27.7 Å². The summed E-state index contributed by atoms with van der Waals surface area (Å²) < 4.78 is 13.9. The van der Waals surface area contributed by atoms with Crippen molar-refractivity contribution in [1.82, 2.24) is 4.90 Å². The summed E-state index contributed by atoms with van der Waals surface area (Å²) in [5.41, 5.74) is 6.66. The van der Waals surface area contributed by atoms with Crippen molar-refractivity contribution in [3.8, 4) is 0 Å². The molecule has 6 heteroatoms. The van der Waals surface area contributed by atoms with E-state index in [1.54, 1.807) is 6.07 Å². The number of aliphatic imine (C=N–C) groups is 1. The average molecular weight is 428 g/mol. The molecule has 0 bridgehead atoms. The highest BCUT2D eigenvalue weighted by atomic mass is 127. The summed E-state index contributed by atoms with van der Waals surface area (Å²) in [6.45, 7) is 0.390. The predicted molar refractivity (Wildman–Crippen MR) is 85.6 cm³/mol. The minimum absolute atomic E-state index is 0. The maximum atomic E-state index is 13.1. The summed E-state index contributed by atoms with van der Waals surface area (Å²) in [6.07, 6.45) is 2.35. The van der Waals surface area contributed by atoms with Crippen LogP contribution in [0.3, 0.4) is 0 Å². The molecule has 0 amide bonds. The van der Waals surface area contributed by atoms with Crippen LogP contribution in [-0.4, -0.2) is 23.9 Å². The van der Waals surface area contributed by atoms with Crippen LogP contribution in [-0.2, 0) is 6.54 Å². The molecule has 0 aliphatic heterocycles. The van der Waals surface area contributed by atoms with Crippen molar-refractivity contribution >= 4 is 45.9 Å². The number of benzene rings is 1. The monoisotopic (exact) mass is 427 g/mol. The smallest absolute Gasteiger partial charge is 0.191 e. The van der Waals surface area contributed by atoms with E-state index in [0.717, 1.165) is 10.0 Å². The Morgan fingerprint density at radius 2 is 2.22 bits per heavy atom. The van der Waals surface area contributed by atoms with Gasteiger partial charge >= 0.3 is 0 Å². The largest absolute Gasteiger partial charge is 0.370 e. The zero-order chi connectivity index (χ0) is 12.4. The molecule has 0 unspecified atom stereocenters. The van der Waals surface area contributed by atoms with Gasteiger partial charge in [0.15, 0.2) is 5.96 Å². The van der Waals surface area contributed by atoms with Crippen molar-refractivity contribution in [2.45, 2.75) is 25.4 Å². The van der Waals surface area contributed by atoms with Gasteiger partial charge in [-0.15, -0.1) is 24.0 Å². The molecule has 3 nitrogen and oxygen atoms in total. The zero-order valence-electron chi connectivity index (χ0n) is 10.1. The van der Waals surface area contributed by atoms with E-state index in [-0.39, 0.29) is 29.8 Å². The van der Waals surface area contributed by atoms with Gasteiger partial charge in [-0.05, 0) is 36.6 Å². The molecule has 18 heavy (non-hydrogen) atoms. The molecule has 0 aromatic heterocycles. The SMILES string of the molecule is CN(C(N)=NCc1cc(F)ccc1Br)C1CC1.I. The number of hydrogen-bond donors (Lipinski definition) is 1. The summed E-state index contributed by atoms with van der Waals surface area (Å²) in [7, 11) is 1.94. The maximum absolute atomic E-state index is 13.1. The molecule has 0 saturated heterocycles. The summed E-state index contributed by atoms with van der Waals surface area (Å²) in [5, 5.41) is 0. The molecule has 1 fully saturated rings. The first kappa shape index (κ1) is 15.7. The summed E-state index contributed by atoms with van der Waals surface area (Å²) in [4.78, 5) is 6.26. The number of halogens is 3. The summed E-state index contributed by atoms with van der Waals surface area (Å²) in [5.74, 6) is 0.260. The molecule has 2 N–H and O–H groups in total. The number of nitrogens with two attached hydrogens (primary N) is 1. The van der Waals surface area contributed by atoms with Crippen LogP contribution in [0, 0.1) is 5.82 Å². The molecule has 2 rings (SSSR count). The van der Waals surface area contributed by atoms with E-state index in [4.69, 9.17) is 5.73 Å². The highest BCUT2D eigenvalue weighted by Gasteiger charge is 2.27. The first-order valence-corrected chi connectivity index (χ1v) is 6.34. The lowest BCUT2D eigenvalue weighted by molar-refractivity contribution is 0.487. The minimum atomic E-state index is -0.257. The third kappa shape index (κ3) is 4.08. The van der Waals surface area contributed by atoms with Crippen LogP contribution in [0.5, 0.6) is 0 Å². The van der Waals surface area contributed by atoms with Crippen LogP contribution in [0.2, 0.25) is 0 Å². The molecular formula is C12H16BrFIN3. The number of hydrogen-bond acceptors (Lipinski definition) is 1. The Kier molecular flexibility index (Phi) is 5.84. The second-order valence-electron chi connectivity index (χ2n) is 4.25. The zero-order valence-corrected chi connectivity index (χ0v) is 14.0. The van der Waals surface area contributed by atoms with Gasteiger partial charge in [0.05, 0.1) is 6.54 Å². The molecule has 1 aromatic rings. The first-order valence-electron chi connectivity index (χ1n) is 5.54. The van der Waals surface area contributed by atoms with Gasteiger partial charge in [-0.25, -0.2) is 9.38 Å². The highest BCUT2D eigenvalue weighted by molar-refractivity contribution is 14.0. The fourth-order valence-electron chi connectivity index (χ4n) is 1.59. The van der Waals surface area contributed by atoms with Crippen molar-refractivity contribution < 1.29 is 4.39 Å². The van der Waals surface area contributed by atoms with Gasteiger partial charge in [-0.3, -0.25) is 0 Å². The predicted octanol–water partition coefficient (Wildman–Crippen LogP) is 3.12. The topological polar surface area (TPSA) is 41.6 Å². The van der Waals surface area contributed by atoms with Gasteiger partial charge in [0.25, 0.3) is 0 Å². The van der Waals surface area contributed by atoms with E-state index in [0.29, 0.717) is 18.5 Å². The quantitative estimate of drug-likeness (QED) is 0.457. The Bertz CT molecular complexity index is 449. The first-order chi connectivity index (χ1) is 8.08. The molecule has 0 atom stereocenters. The fourth-order valence-corrected chi connectivity index (χ4v) is 1.96. The van der Waals surface area contributed by atoms with Gasteiger partial charge in [-0.1, -0.05) is 15.9 Å². The standard InChI is InChI=1S/C12H15BrFN3.HI/c1-17(10-3-4-10)12(15)16-7-8-6-9(14)2-5-11(8)13;/h2,5-6,10H,3-4,7H2,1H3,(H2,15,16);1H. The van der Waals surface area contributed by atoms with Crippen molar-refractivity contribution in [3.05, 3.63) is 34.1 Å². The third-order valence-corrected chi connectivity index (χ3v) is 3.65. The van der Waals surface area contributed by atoms with Crippen molar-refractivity contribution in [3.63, 3.8) is 0 Å². The van der Waals surface area contributed by atoms with Crippen LogP contribution < -0.4 is 5.73 Å². The number of guanidine groups is 1. The van der Waals surface area contributed by atoms with E-state index in [9.17, 15) is 4.39 Å². The van der Waals surface area contributed by atoms with Crippen LogP contribution in [0.1, 0.15) is 18.4 Å². The maximum Gasteiger partial charge on any atom is 0.191 e. The van der Waals surface area contributed by atoms with Crippen LogP contribution in [0.25, 0.3) is 0 Å². The van der Waals surface area contributed by atoms with Crippen molar-refractivity contribution in [2.75, 3.05) is 7.05 Å². The highest BCUT2D eigenvalue weighted by Crippen LogP contribution is 2.25. The Morgan fingerprint density at radius 1 is 1.56 bits per heavy atom. The Balaban J connectivity index is 0.00000162. The summed E-state index contributed by atoms with van der Waals surface area (Å²) >= 11 is 3.37. The Labute approximate surface area is 132 Å².